The van der Waals surface area contributed by atoms with Gasteiger partial charge in [-0.2, -0.15) is 0 Å². The molecule has 0 aromatic rings. The molecule has 0 unspecified atom stereocenters. The number of hydrogen-bond donors (Lipinski definition) is 2. The van der Waals surface area contributed by atoms with Gasteiger partial charge in [0.1, 0.15) is 10.4 Å². The molecule has 1 heterocycles. The van der Waals surface area contributed by atoms with Gasteiger partial charge in [-0.3, -0.25) is 9.59 Å². The number of amides is 1. The van der Waals surface area contributed by atoms with E-state index in [1.165, 1.54) is 6.08 Å². The standard InChI is InChI=1S/C8H7Br2NO3/c9-3-1-8(14)2-4(12)11-7(8)5(10)6(3)13/h1,5,7,14H,2H2,(H,11,12)/t5-,7+,8-/m1/s1. The van der Waals surface area contributed by atoms with Crippen molar-refractivity contribution in [2.75, 3.05) is 0 Å². The molecule has 2 N–H and O–H groups in total. The third kappa shape index (κ3) is 1.36. The third-order valence-corrected chi connectivity index (χ3v) is 4.02. The van der Waals surface area contributed by atoms with Crippen LogP contribution in [0.5, 0.6) is 0 Å². The third-order valence-electron chi connectivity index (χ3n) is 2.45. The van der Waals surface area contributed by atoms with Crippen LogP contribution in [0.25, 0.3) is 0 Å². The number of carbonyl (C=O) groups is 2. The zero-order valence-electron chi connectivity index (χ0n) is 6.96. The second kappa shape index (κ2) is 3.15. The number of alkyl halides is 1. The Hall–Kier alpha value is -0.200. The minimum absolute atomic E-state index is 0.00213. The molecule has 0 saturated carbocycles. The predicted molar refractivity (Wildman–Crippen MR) is 56.2 cm³/mol. The maximum atomic E-state index is 11.5. The molecule has 1 aliphatic heterocycles. The maximum Gasteiger partial charge on any atom is 0.223 e. The van der Waals surface area contributed by atoms with E-state index >= 15 is 0 Å². The first-order chi connectivity index (χ1) is 6.44. The van der Waals surface area contributed by atoms with Gasteiger partial charge in [0.15, 0.2) is 5.78 Å². The van der Waals surface area contributed by atoms with Crippen molar-refractivity contribution >= 4 is 43.6 Å². The van der Waals surface area contributed by atoms with Crippen molar-refractivity contribution in [2.45, 2.75) is 22.9 Å². The summed E-state index contributed by atoms with van der Waals surface area (Å²) in [5, 5.41) is 12.6. The van der Waals surface area contributed by atoms with Crippen molar-refractivity contribution in [1.29, 1.82) is 0 Å². The Balaban J connectivity index is 2.45. The molecule has 1 fully saturated rings. The molecule has 0 bridgehead atoms. The monoisotopic (exact) mass is 323 g/mol. The summed E-state index contributed by atoms with van der Waals surface area (Å²) < 4.78 is 0.314. The van der Waals surface area contributed by atoms with Crippen LogP contribution in [-0.2, 0) is 9.59 Å². The van der Waals surface area contributed by atoms with E-state index in [0.717, 1.165) is 0 Å². The molecule has 1 amide bonds. The number of Topliss-reactive ketones (excluding diaryl/α,β-unsaturated/α-hetero) is 1. The number of carbonyl (C=O) groups excluding carboxylic acids is 2. The number of fused-ring (bicyclic) bond motifs is 1. The largest absolute Gasteiger partial charge is 0.383 e. The summed E-state index contributed by atoms with van der Waals surface area (Å²) in [7, 11) is 0. The molecule has 1 saturated heterocycles. The molecule has 2 rings (SSSR count). The minimum Gasteiger partial charge on any atom is -0.383 e. The lowest BCUT2D eigenvalue weighted by atomic mass is 9.86. The first kappa shape index (κ1) is 10.3. The van der Waals surface area contributed by atoms with Gasteiger partial charge in [0.2, 0.25) is 5.91 Å². The zero-order chi connectivity index (χ0) is 10.5. The van der Waals surface area contributed by atoms with Crippen molar-refractivity contribution in [3.63, 3.8) is 0 Å². The topological polar surface area (TPSA) is 66.4 Å². The summed E-state index contributed by atoms with van der Waals surface area (Å²) in [6.45, 7) is 0. The number of allylic oxidation sites excluding steroid dienone is 1. The predicted octanol–water partition coefficient (Wildman–Crippen LogP) is 0.231. The van der Waals surface area contributed by atoms with Crippen LogP contribution in [-0.4, -0.2) is 33.3 Å². The first-order valence-corrected chi connectivity index (χ1v) is 5.73. The molecule has 0 radical (unpaired) electrons. The number of halogens is 2. The van der Waals surface area contributed by atoms with Crippen LogP contribution in [0.2, 0.25) is 0 Å². The number of nitrogens with one attached hydrogen (secondary N) is 1. The van der Waals surface area contributed by atoms with Crippen molar-refractivity contribution in [1.82, 2.24) is 5.32 Å². The van der Waals surface area contributed by atoms with E-state index in [0.29, 0.717) is 4.48 Å². The molecule has 4 nitrogen and oxygen atoms in total. The number of aliphatic hydroxyl groups is 1. The minimum atomic E-state index is -1.25. The maximum absolute atomic E-state index is 11.5. The SMILES string of the molecule is O=C1C[C@]2(O)C=C(Br)C(=O)[C@@H](Br)[C@@H]2N1. The van der Waals surface area contributed by atoms with Gasteiger partial charge in [-0.05, 0) is 22.0 Å². The van der Waals surface area contributed by atoms with Crippen LogP contribution in [0, 0.1) is 0 Å². The van der Waals surface area contributed by atoms with Gasteiger partial charge in [0, 0.05) is 0 Å². The fraction of sp³-hybridized carbons (Fsp3) is 0.500. The lowest BCUT2D eigenvalue weighted by Crippen LogP contribution is -2.53. The van der Waals surface area contributed by atoms with E-state index in [-0.39, 0.29) is 18.1 Å². The Morgan fingerprint density at radius 2 is 2.21 bits per heavy atom. The highest BCUT2D eigenvalue weighted by Crippen LogP contribution is 2.37. The van der Waals surface area contributed by atoms with Crippen LogP contribution in [0.15, 0.2) is 10.6 Å². The van der Waals surface area contributed by atoms with Gasteiger partial charge in [-0.1, -0.05) is 15.9 Å². The molecule has 14 heavy (non-hydrogen) atoms. The number of ketones is 1. The van der Waals surface area contributed by atoms with E-state index in [1.807, 2.05) is 0 Å². The molecule has 6 heteroatoms. The summed E-state index contributed by atoms with van der Waals surface area (Å²) in [4.78, 5) is 22.0. The Kier molecular flexibility index (Phi) is 2.32. The van der Waals surface area contributed by atoms with E-state index in [2.05, 4.69) is 37.2 Å². The first-order valence-electron chi connectivity index (χ1n) is 4.02. The van der Waals surface area contributed by atoms with Crippen LogP contribution < -0.4 is 5.32 Å². The highest BCUT2D eigenvalue weighted by molar-refractivity contribution is 9.12. The molecule has 2 aliphatic rings. The Morgan fingerprint density at radius 3 is 2.86 bits per heavy atom. The van der Waals surface area contributed by atoms with Crippen molar-refractivity contribution in [2.24, 2.45) is 0 Å². The Labute approximate surface area is 97.0 Å². The Bertz CT molecular complexity index is 354. The molecule has 0 aromatic carbocycles. The van der Waals surface area contributed by atoms with Crippen molar-refractivity contribution in [3.8, 4) is 0 Å². The van der Waals surface area contributed by atoms with Gasteiger partial charge in [-0.25, -0.2) is 0 Å². The second-order valence-electron chi connectivity index (χ2n) is 3.47. The van der Waals surface area contributed by atoms with E-state index in [4.69, 9.17) is 0 Å². The van der Waals surface area contributed by atoms with Crippen molar-refractivity contribution in [3.05, 3.63) is 10.6 Å². The average molecular weight is 325 g/mol. The second-order valence-corrected chi connectivity index (χ2v) is 5.31. The normalized spacial score (nSPS) is 41.8. The number of hydrogen-bond acceptors (Lipinski definition) is 3. The van der Waals surface area contributed by atoms with E-state index in [9.17, 15) is 14.7 Å². The van der Waals surface area contributed by atoms with E-state index in [1.54, 1.807) is 0 Å². The van der Waals surface area contributed by atoms with Crippen LogP contribution >= 0.6 is 31.9 Å². The zero-order valence-corrected chi connectivity index (χ0v) is 10.1. The van der Waals surface area contributed by atoms with Gasteiger partial charge in [0.05, 0.1) is 16.9 Å². The smallest absolute Gasteiger partial charge is 0.223 e. The molecule has 1 aliphatic carbocycles. The van der Waals surface area contributed by atoms with Crippen LogP contribution in [0.1, 0.15) is 6.42 Å². The fourth-order valence-corrected chi connectivity index (χ4v) is 3.54. The van der Waals surface area contributed by atoms with E-state index < -0.39 is 16.5 Å². The quantitative estimate of drug-likeness (QED) is 0.627. The lowest BCUT2D eigenvalue weighted by Gasteiger charge is -2.32. The summed E-state index contributed by atoms with van der Waals surface area (Å²) in [5.41, 5.74) is -1.25. The summed E-state index contributed by atoms with van der Waals surface area (Å²) >= 11 is 6.24. The summed E-state index contributed by atoms with van der Waals surface area (Å²) in [6, 6.07) is -0.566. The van der Waals surface area contributed by atoms with Crippen LogP contribution in [0.4, 0.5) is 0 Å². The van der Waals surface area contributed by atoms with Gasteiger partial charge in [0.25, 0.3) is 0 Å². The Morgan fingerprint density at radius 1 is 1.57 bits per heavy atom. The van der Waals surface area contributed by atoms with Crippen LogP contribution in [0.3, 0.4) is 0 Å². The van der Waals surface area contributed by atoms with Crippen molar-refractivity contribution < 1.29 is 14.7 Å². The molecular formula is C8H7Br2NO3. The summed E-state index contributed by atoms with van der Waals surface area (Å²) in [6.07, 6.45) is 1.40. The molecular weight excluding hydrogens is 318 g/mol. The highest BCUT2D eigenvalue weighted by atomic mass is 79.9. The van der Waals surface area contributed by atoms with Gasteiger partial charge in [-0.15, -0.1) is 0 Å². The number of rotatable bonds is 0. The molecule has 0 spiro atoms. The fourth-order valence-electron chi connectivity index (χ4n) is 1.76. The highest BCUT2D eigenvalue weighted by Gasteiger charge is 2.52. The van der Waals surface area contributed by atoms with Gasteiger partial charge < -0.3 is 10.4 Å². The van der Waals surface area contributed by atoms with Gasteiger partial charge >= 0.3 is 0 Å². The lowest BCUT2D eigenvalue weighted by molar-refractivity contribution is -0.120. The molecule has 3 atom stereocenters. The molecule has 76 valence electrons. The average Bonchev–Trinajstić information content (AvgIpc) is 2.37. The molecule has 0 aromatic heterocycles. The summed E-state index contributed by atoms with van der Waals surface area (Å²) in [5.74, 6) is -0.407.